The van der Waals surface area contributed by atoms with E-state index >= 15 is 0 Å². The highest BCUT2D eigenvalue weighted by atomic mass is 16.1. The van der Waals surface area contributed by atoms with E-state index < -0.39 is 0 Å². The quantitative estimate of drug-likeness (QED) is 0.785. The highest BCUT2D eigenvalue weighted by Gasteiger charge is 2.11. The van der Waals surface area contributed by atoms with Gasteiger partial charge in [0.2, 0.25) is 5.91 Å². The second kappa shape index (κ2) is 6.74. The van der Waals surface area contributed by atoms with Crippen molar-refractivity contribution in [3.8, 4) is 0 Å². The molecule has 0 aliphatic heterocycles. The van der Waals surface area contributed by atoms with Gasteiger partial charge in [0.25, 0.3) is 0 Å². The molecule has 3 rings (SSSR count). The third kappa shape index (κ3) is 3.25. The van der Waals surface area contributed by atoms with Gasteiger partial charge in [-0.15, -0.1) is 0 Å². The van der Waals surface area contributed by atoms with Crippen molar-refractivity contribution in [3.63, 3.8) is 0 Å². The lowest BCUT2D eigenvalue weighted by atomic mass is 10.1. The van der Waals surface area contributed by atoms with E-state index in [9.17, 15) is 4.79 Å². The van der Waals surface area contributed by atoms with Gasteiger partial charge in [0.05, 0.1) is 6.42 Å². The van der Waals surface area contributed by atoms with Crippen molar-refractivity contribution in [3.05, 3.63) is 59.9 Å². The molecule has 24 heavy (non-hydrogen) atoms. The number of nitrogens with zero attached hydrogens (tertiary/aromatic N) is 3. The number of nitrogens with one attached hydrogen (secondary N) is 1. The average Bonchev–Trinajstić information content (AvgIpc) is 2.89. The summed E-state index contributed by atoms with van der Waals surface area (Å²) in [5, 5.41) is 4.13. The highest BCUT2D eigenvalue weighted by Crippen LogP contribution is 2.20. The third-order valence-corrected chi connectivity index (χ3v) is 4.10. The lowest BCUT2D eigenvalue weighted by Gasteiger charge is -2.16. The van der Waals surface area contributed by atoms with E-state index in [4.69, 9.17) is 0 Å². The van der Waals surface area contributed by atoms with Crippen molar-refractivity contribution in [1.82, 2.24) is 14.9 Å². The molecule has 0 aliphatic rings. The second-order valence-electron chi connectivity index (χ2n) is 6.12. The van der Waals surface area contributed by atoms with Gasteiger partial charge >= 0.3 is 0 Å². The Labute approximate surface area is 141 Å². The number of carbonyl (C=O) groups excluding carboxylic acids is 1. The van der Waals surface area contributed by atoms with Gasteiger partial charge in [0.15, 0.2) is 0 Å². The molecular formula is C19H22N4O. The first-order chi connectivity index (χ1) is 11.6. The third-order valence-electron chi connectivity index (χ3n) is 4.10. The van der Waals surface area contributed by atoms with E-state index in [0.29, 0.717) is 13.0 Å². The number of hydrogen-bond acceptors (Lipinski definition) is 3. The number of amides is 1. The number of hydrogen-bond donors (Lipinski definition) is 1. The van der Waals surface area contributed by atoms with Gasteiger partial charge in [0, 0.05) is 56.5 Å². The van der Waals surface area contributed by atoms with Crippen LogP contribution in [0.3, 0.4) is 0 Å². The van der Waals surface area contributed by atoms with Gasteiger partial charge in [-0.1, -0.05) is 24.3 Å². The van der Waals surface area contributed by atoms with Gasteiger partial charge in [0.1, 0.15) is 5.82 Å². The van der Waals surface area contributed by atoms with Crippen LogP contribution in [-0.2, 0) is 24.8 Å². The zero-order valence-corrected chi connectivity index (χ0v) is 14.3. The molecular weight excluding hydrogens is 300 g/mol. The van der Waals surface area contributed by atoms with Gasteiger partial charge in [-0.25, -0.2) is 4.98 Å². The molecule has 3 aromatic rings. The summed E-state index contributed by atoms with van der Waals surface area (Å²) >= 11 is 0. The topological polar surface area (TPSA) is 50.2 Å². The number of aryl methyl sites for hydroxylation is 1. The first-order valence-electron chi connectivity index (χ1n) is 7.97. The van der Waals surface area contributed by atoms with Crippen molar-refractivity contribution < 1.29 is 4.79 Å². The molecule has 0 spiro atoms. The van der Waals surface area contributed by atoms with Crippen LogP contribution in [0.2, 0.25) is 0 Å². The van der Waals surface area contributed by atoms with E-state index in [-0.39, 0.29) is 5.91 Å². The highest BCUT2D eigenvalue weighted by molar-refractivity contribution is 5.89. The fourth-order valence-electron chi connectivity index (χ4n) is 2.97. The molecule has 0 aliphatic carbocycles. The van der Waals surface area contributed by atoms with Crippen LogP contribution in [0.4, 0.5) is 5.82 Å². The fraction of sp³-hybridized carbons (Fsp3) is 0.263. The molecule has 0 unspecified atom stereocenters. The number of para-hydroxylation sites is 1. The van der Waals surface area contributed by atoms with Crippen LogP contribution in [0.15, 0.2) is 48.8 Å². The lowest BCUT2D eigenvalue weighted by Crippen LogP contribution is -2.26. The summed E-state index contributed by atoms with van der Waals surface area (Å²) < 4.78 is 2.06. The van der Waals surface area contributed by atoms with Crippen molar-refractivity contribution >= 4 is 22.6 Å². The normalized spacial score (nSPS) is 10.8. The van der Waals surface area contributed by atoms with Crippen LogP contribution in [0, 0.1) is 0 Å². The summed E-state index contributed by atoms with van der Waals surface area (Å²) in [4.78, 5) is 18.7. The Hall–Kier alpha value is -2.82. The van der Waals surface area contributed by atoms with E-state index in [1.54, 1.807) is 6.20 Å². The average molecular weight is 322 g/mol. The maximum absolute atomic E-state index is 12.4. The minimum atomic E-state index is 0.0138. The van der Waals surface area contributed by atoms with Crippen molar-refractivity contribution in [2.75, 3.05) is 19.0 Å². The van der Waals surface area contributed by atoms with Crippen molar-refractivity contribution in [2.24, 2.45) is 7.05 Å². The predicted octanol–water partition coefficient (Wildman–Crippen LogP) is 2.50. The van der Waals surface area contributed by atoms with E-state index in [1.165, 1.54) is 0 Å². The number of pyridine rings is 1. The zero-order valence-electron chi connectivity index (χ0n) is 14.3. The van der Waals surface area contributed by atoms with Crippen LogP contribution in [-0.4, -0.2) is 29.6 Å². The molecule has 0 saturated heterocycles. The van der Waals surface area contributed by atoms with Gasteiger partial charge in [-0.2, -0.15) is 0 Å². The molecule has 1 aromatic carbocycles. The van der Waals surface area contributed by atoms with E-state index in [1.807, 2.05) is 56.5 Å². The molecule has 2 heterocycles. The lowest BCUT2D eigenvalue weighted by molar-refractivity contribution is -0.120. The standard InChI is InChI=1S/C19H22N4O/c1-22(2)19-14(7-6-10-20-19)12-21-18(24)11-15-13-23(3)17-9-5-4-8-16(15)17/h4-10,13H,11-12H2,1-3H3,(H,21,24). The summed E-state index contributed by atoms with van der Waals surface area (Å²) in [5.41, 5.74) is 3.20. The number of fused-ring (bicyclic) bond motifs is 1. The van der Waals surface area contributed by atoms with Crippen LogP contribution < -0.4 is 10.2 Å². The monoisotopic (exact) mass is 322 g/mol. The Bertz CT molecular complexity index is 867. The molecule has 0 saturated carbocycles. The van der Waals surface area contributed by atoms with Crippen LogP contribution in [0.25, 0.3) is 10.9 Å². The predicted molar refractivity (Wildman–Crippen MR) is 97.0 cm³/mol. The summed E-state index contributed by atoms with van der Waals surface area (Å²) in [6.07, 6.45) is 4.16. The Morgan fingerprint density at radius 2 is 1.96 bits per heavy atom. The summed E-state index contributed by atoms with van der Waals surface area (Å²) in [5.74, 6) is 0.892. The largest absolute Gasteiger partial charge is 0.362 e. The van der Waals surface area contributed by atoms with Crippen LogP contribution in [0.5, 0.6) is 0 Å². The molecule has 2 aromatic heterocycles. The number of aromatic nitrogens is 2. The van der Waals surface area contributed by atoms with Crippen molar-refractivity contribution in [1.29, 1.82) is 0 Å². The van der Waals surface area contributed by atoms with Crippen LogP contribution >= 0.6 is 0 Å². The summed E-state index contributed by atoms with van der Waals surface area (Å²) in [7, 11) is 5.90. The van der Waals surface area contributed by atoms with Gasteiger partial charge in [-0.05, 0) is 17.7 Å². The molecule has 5 heteroatoms. The molecule has 1 N–H and O–H groups in total. The summed E-state index contributed by atoms with van der Waals surface area (Å²) in [6.45, 7) is 0.477. The molecule has 0 atom stereocenters. The number of benzene rings is 1. The van der Waals surface area contributed by atoms with Crippen molar-refractivity contribution in [2.45, 2.75) is 13.0 Å². The molecule has 0 radical (unpaired) electrons. The summed E-state index contributed by atoms with van der Waals surface area (Å²) in [6, 6.07) is 12.0. The zero-order chi connectivity index (χ0) is 17.1. The Kier molecular flexibility index (Phi) is 4.51. The maximum Gasteiger partial charge on any atom is 0.224 e. The molecule has 124 valence electrons. The van der Waals surface area contributed by atoms with Crippen LogP contribution in [0.1, 0.15) is 11.1 Å². The SMILES string of the molecule is CN(C)c1ncccc1CNC(=O)Cc1cn(C)c2ccccc12. The number of carbonyl (C=O) groups is 1. The second-order valence-corrected chi connectivity index (χ2v) is 6.12. The maximum atomic E-state index is 12.4. The Morgan fingerprint density at radius 3 is 2.75 bits per heavy atom. The molecule has 0 bridgehead atoms. The van der Waals surface area contributed by atoms with E-state index in [0.717, 1.165) is 27.8 Å². The van der Waals surface area contributed by atoms with Gasteiger partial charge in [-0.3, -0.25) is 4.79 Å². The van der Waals surface area contributed by atoms with Gasteiger partial charge < -0.3 is 14.8 Å². The molecule has 0 fully saturated rings. The number of anilines is 1. The molecule has 5 nitrogen and oxygen atoms in total. The smallest absolute Gasteiger partial charge is 0.224 e. The Morgan fingerprint density at radius 1 is 1.17 bits per heavy atom. The minimum absolute atomic E-state index is 0.0138. The molecule has 1 amide bonds. The fourth-order valence-corrected chi connectivity index (χ4v) is 2.97. The van der Waals surface area contributed by atoms with E-state index in [2.05, 4.69) is 27.0 Å². The number of rotatable bonds is 5. The first kappa shape index (κ1) is 16.1. The first-order valence-corrected chi connectivity index (χ1v) is 7.97. The minimum Gasteiger partial charge on any atom is -0.362 e. The Balaban J connectivity index is 1.70.